The van der Waals surface area contributed by atoms with Gasteiger partial charge >= 0.3 is 11.7 Å². The third-order valence-corrected chi connectivity index (χ3v) is 5.55. The number of aryl methyl sites for hydroxylation is 2. The Morgan fingerprint density at radius 1 is 0.926 bits per heavy atom. The predicted molar refractivity (Wildman–Crippen MR) is 103 cm³/mol. The van der Waals surface area contributed by atoms with Gasteiger partial charge in [-0.3, -0.25) is 13.9 Å². The van der Waals surface area contributed by atoms with Crippen molar-refractivity contribution in [3.05, 3.63) is 52.9 Å². The summed E-state index contributed by atoms with van der Waals surface area (Å²) in [6.07, 6.45) is 0. The summed E-state index contributed by atoms with van der Waals surface area (Å²) in [6.45, 7) is 0. The molecule has 0 unspecified atom stereocenters. The number of urea groups is 1. The zero-order valence-electron chi connectivity index (χ0n) is 15.0. The van der Waals surface area contributed by atoms with Gasteiger partial charge in [-0.25, -0.2) is 18.0 Å². The predicted octanol–water partition coefficient (Wildman–Crippen LogP) is 1.43. The van der Waals surface area contributed by atoms with Crippen molar-refractivity contribution in [1.29, 1.82) is 0 Å². The van der Waals surface area contributed by atoms with Crippen molar-refractivity contribution in [3.63, 3.8) is 0 Å². The number of nitrogens with zero attached hydrogens (tertiary/aromatic N) is 2. The molecule has 0 aliphatic rings. The van der Waals surface area contributed by atoms with Crippen molar-refractivity contribution in [2.75, 3.05) is 17.1 Å². The number of hydrogen-bond donors (Lipinski definition) is 3. The maximum Gasteiger partial charge on any atom is 0.328 e. The number of rotatable bonds is 4. The van der Waals surface area contributed by atoms with Crippen LogP contribution in [-0.2, 0) is 24.1 Å². The van der Waals surface area contributed by atoms with Gasteiger partial charge < -0.3 is 10.6 Å². The number of benzene rings is 2. The summed E-state index contributed by atoms with van der Waals surface area (Å²) >= 11 is 0. The summed E-state index contributed by atoms with van der Waals surface area (Å²) in [4.78, 5) is 23.3. The Kier molecular flexibility index (Phi) is 4.66. The van der Waals surface area contributed by atoms with Gasteiger partial charge in [0.1, 0.15) is 0 Å². The number of imidazole rings is 1. The highest BCUT2D eigenvalue weighted by Crippen LogP contribution is 2.21. The van der Waals surface area contributed by atoms with Crippen LogP contribution in [0.1, 0.15) is 0 Å². The zero-order chi connectivity index (χ0) is 19.8. The third kappa shape index (κ3) is 3.51. The van der Waals surface area contributed by atoms with Crippen LogP contribution in [0.2, 0.25) is 0 Å². The van der Waals surface area contributed by atoms with E-state index in [9.17, 15) is 18.0 Å². The van der Waals surface area contributed by atoms with Gasteiger partial charge in [-0.15, -0.1) is 0 Å². The molecule has 0 bridgehead atoms. The number of anilines is 2. The summed E-state index contributed by atoms with van der Waals surface area (Å²) < 4.78 is 30.7. The molecule has 0 radical (unpaired) electrons. The van der Waals surface area contributed by atoms with E-state index in [4.69, 9.17) is 0 Å². The summed E-state index contributed by atoms with van der Waals surface area (Å²) in [5.74, 6) is 0. The maximum atomic E-state index is 12.7. The number of nitrogens with one attached hydrogen (secondary N) is 3. The van der Waals surface area contributed by atoms with Gasteiger partial charge in [-0.1, -0.05) is 0 Å². The molecule has 27 heavy (non-hydrogen) atoms. The van der Waals surface area contributed by atoms with Crippen molar-refractivity contribution >= 4 is 38.5 Å². The molecule has 0 atom stereocenters. The summed E-state index contributed by atoms with van der Waals surface area (Å²) in [6, 6.07) is 10.4. The summed E-state index contributed by atoms with van der Waals surface area (Å²) in [5.41, 5.74) is 1.81. The smallest absolute Gasteiger partial charge is 0.328 e. The van der Waals surface area contributed by atoms with E-state index in [2.05, 4.69) is 15.4 Å². The van der Waals surface area contributed by atoms with Gasteiger partial charge in [-0.05, 0) is 42.5 Å². The van der Waals surface area contributed by atoms with Crippen LogP contribution in [0.4, 0.5) is 16.2 Å². The number of aromatic nitrogens is 2. The Morgan fingerprint density at radius 2 is 1.52 bits per heavy atom. The van der Waals surface area contributed by atoms with Crippen molar-refractivity contribution in [2.45, 2.75) is 4.90 Å². The Labute approximate surface area is 155 Å². The Hall–Kier alpha value is -3.27. The van der Waals surface area contributed by atoms with E-state index in [1.807, 2.05) is 0 Å². The third-order valence-electron chi connectivity index (χ3n) is 4.18. The minimum absolute atomic E-state index is 0.0452. The highest BCUT2D eigenvalue weighted by atomic mass is 32.2. The molecule has 0 saturated heterocycles. The first kappa shape index (κ1) is 18.5. The van der Waals surface area contributed by atoms with Gasteiger partial charge in [0.25, 0.3) is 10.0 Å². The number of sulfonamides is 1. The zero-order valence-corrected chi connectivity index (χ0v) is 15.8. The van der Waals surface area contributed by atoms with Gasteiger partial charge in [0, 0.05) is 32.5 Å². The summed E-state index contributed by atoms with van der Waals surface area (Å²) in [7, 11) is 0.878. The minimum atomic E-state index is -3.84. The molecular weight excluding hydrogens is 370 g/mol. The molecule has 3 aromatic rings. The lowest BCUT2D eigenvalue weighted by molar-refractivity contribution is 0.254. The van der Waals surface area contributed by atoms with E-state index >= 15 is 0 Å². The SMILES string of the molecule is CNC(=O)Nc1ccc(NS(=O)(=O)c2ccc3c(c2)n(C)c(=O)n3C)cc1. The first-order valence-electron chi connectivity index (χ1n) is 8.00. The molecular formula is C17H19N5O4S. The number of carbonyl (C=O) groups excluding carboxylic acids is 1. The van der Waals surface area contributed by atoms with Gasteiger partial charge in [0.2, 0.25) is 0 Å². The van der Waals surface area contributed by atoms with Crippen molar-refractivity contribution in [1.82, 2.24) is 14.5 Å². The Morgan fingerprint density at radius 3 is 2.15 bits per heavy atom. The standard InChI is InChI=1S/C17H19N5O4S/c1-18-16(23)19-11-4-6-12(7-5-11)20-27(25,26)13-8-9-14-15(10-13)22(3)17(24)21(14)2/h4-10,20H,1-3H3,(H2,18,19,23). The van der Waals surface area contributed by atoms with Gasteiger partial charge in [-0.2, -0.15) is 0 Å². The van der Waals surface area contributed by atoms with Crippen LogP contribution in [0.3, 0.4) is 0 Å². The molecule has 2 amide bonds. The lowest BCUT2D eigenvalue weighted by atomic mass is 10.3. The largest absolute Gasteiger partial charge is 0.341 e. The summed E-state index contributed by atoms with van der Waals surface area (Å²) in [5, 5.41) is 5.01. The molecule has 2 aromatic carbocycles. The fourth-order valence-electron chi connectivity index (χ4n) is 2.68. The first-order valence-corrected chi connectivity index (χ1v) is 9.48. The molecule has 1 heterocycles. The molecule has 3 N–H and O–H groups in total. The highest BCUT2D eigenvalue weighted by Gasteiger charge is 2.17. The number of hydrogen-bond acceptors (Lipinski definition) is 4. The molecule has 3 rings (SSSR count). The molecule has 9 nitrogen and oxygen atoms in total. The molecule has 0 saturated carbocycles. The van der Waals surface area contributed by atoms with E-state index in [0.717, 1.165) is 0 Å². The average molecular weight is 389 g/mol. The Bertz CT molecular complexity index is 1180. The first-order chi connectivity index (χ1) is 12.7. The fraction of sp³-hybridized carbons (Fsp3) is 0.176. The molecule has 0 spiro atoms. The van der Waals surface area contributed by atoms with Crippen LogP contribution in [0.15, 0.2) is 52.2 Å². The highest BCUT2D eigenvalue weighted by molar-refractivity contribution is 7.92. The normalized spacial score (nSPS) is 11.4. The van der Waals surface area contributed by atoms with Crippen LogP contribution >= 0.6 is 0 Å². The number of amides is 2. The van der Waals surface area contributed by atoms with Crippen molar-refractivity contribution in [2.24, 2.45) is 14.1 Å². The quantitative estimate of drug-likeness (QED) is 0.626. The Balaban J connectivity index is 1.88. The van der Waals surface area contributed by atoms with Crippen LogP contribution in [0.5, 0.6) is 0 Å². The minimum Gasteiger partial charge on any atom is -0.341 e. The molecule has 1 aromatic heterocycles. The second-order valence-corrected chi connectivity index (χ2v) is 7.62. The van der Waals surface area contributed by atoms with Gasteiger partial charge in [0.15, 0.2) is 0 Å². The number of carbonyl (C=O) groups is 1. The van der Waals surface area contributed by atoms with Crippen LogP contribution in [0.25, 0.3) is 11.0 Å². The van der Waals surface area contributed by atoms with Gasteiger partial charge in [0.05, 0.1) is 15.9 Å². The molecule has 0 aliphatic heterocycles. The van der Waals surface area contributed by atoms with E-state index in [1.165, 1.54) is 28.3 Å². The monoisotopic (exact) mass is 389 g/mol. The van der Waals surface area contributed by atoms with E-state index in [-0.39, 0.29) is 16.6 Å². The molecule has 0 fully saturated rings. The van der Waals surface area contributed by atoms with E-state index in [1.54, 1.807) is 44.4 Å². The average Bonchev–Trinajstić information content (AvgIpc) is 2.87. The number of fused-ring (bicyclic) bond motifs is 1. The molecule has 10 heteroatoms. The maximum absolute atomic E-state index is 12.7. The van der Waals surface area contributed by atoms with E-state index < -0.39 is 10.0 Å². The fourth-order valence-corrected chi connectivity index (χ4v) is 3.76. The molecule has 0 aliphatic carbocycles. The molecule has 142 valence electrons. The van der Waals surface area contributed by atoms with Crippen LogP contribution in [-0.4, -0.2) is 30.6 Å². The van der Waals surface area contributed by atoms with Crippen LogP contribution in [0, 0.1) is 0 Å². The van der Waals surface area contributed by atoms with Crippen molar-refractivity contribution in [3.8, 4) is 0 Å². The topological polar surface area (TPSA) is 114 Å². The second-order valence-electron chi connectivity index (χ2n) is 5.94. The van der Waals surface area contributed by atoms with Crippen molar-refractivity contribution < 1.29 is 13.2 Å². The second kappa shape index (κ2) is 6.80. The van der Waals surface area contributed by atoms with E-state index in [0.29, 0.717) is 22.4 Å². The van der Waals surface area contributed by atoms with Crippen LogP contribution < -0.4 is 21.0 Å². The lowest BCUT2D eigenvalue weighted by Crippen LogP contribution is -2.24. The lowest BCUT2D eigenvalue weighted by Gasteiger charge is -2.10.